The van der Waals surface area contributed by atoms with Crippen LogP contribution in [0.25, 0.3) is 5.69 Å². The second-order valence-corrected chi connectivity index (χ2v) is 6.62. The molecule has 0 spiro atoms. The zero-order valence-electron chi connectivity index (χ0n) is 13.7. The van der Waals surface area contributed by atoms with Gasteiger partial charge in [0.15, 0.2) is 0 Å². The lowest BCUT2D eigenvalue weighted by atomic mass is 9.92. The van der Waals surface area contributed by atoms with Gasteiger partial charge in [0.25, 0.3) is 0 Å². The maximum absolute atomic E-state index is 14.2. The van der Waals surface area contributed by atoms with E-state index in [1.807, 2.05) is 0 Å². The Labute approximate surface area is 152 Å². The zero-order chi connectivity index (χ0) is 18.5. The Bertz CT molecular complexity index is 1030. The number of hydrogen-bond acceptors (Lipinski definition) is 3. The van der Waals surface area contributed by atoms with Crippen LogP contribution in [0.3, 0.4) is 0 Å². The number of rotatable bonds is 4. The average Bonchev–Trinajstić information content (AvgIpc) is 3.32. The summed E-state index contributed by atoms with van der Waals surface area (Å²) in [7, 11) is 0. The third-order valence-corrected chi connectivity index (χ3v) is 4.95. The van der Waals surface area contributed by atoms with Gasteiger partial charge in [-0.05, 0) is 37.3 Å². The highest BCUT2D eigenvalue weighted by Crippen LogP contribution is 2.48. The topological polar surface area (TPSA) is 52.4 Å². The first-order chi connectivity index (χ1) is 12.4. The molecule has 134 valence electrons. The largest absolute Gasteiger partial charge is 0.362 e. The summed E-state index contributed by atoms with van der Waals surface area (Å²) in [6.45, 7) is 1.97. The van der Waals surface area contributed by atoms with Crippen LogP contribution in [-0.4, -0.2) is 21.0 Å². The van der Waals surface area contributed by atoms with Crippen LogP contribution in [0.15, 0.2) is 53.6 Å². The molecule has 0 N–H and O–H groups in total. The monoisotopic (exact) mass is 377 g/mol. The van der Waals surface area contributed by atoms with Gasteiger partial charge in [0.05, 0.1) is 18.3 Å². The van der Waals surface area contributed by atoms with E-state index in [0.29, 0.717) is 10.7 Å². The third kappa shape index (κ3) is 2.64. The number of halogens is 3. The molecule has 26 heavy (non-hydrogen) atoms. The van der Waals surface area contributed by atoms with Gasteiger partial charge in [-0.2, -0.15) is 9.78 Å². The van der Waals surface area contributed by atoms with Gasteiger partial charge >= 0.3 is 5.69 Å². The summed E-state index contributed by atoms with van der Waals surface area (Å²) < 4.78 is 35.6. The molecule has 0 radical (unpaired) electrons. The molecule has 0 saturated carbocycles. The van der Waals surface area contributed by atoms with Crippen molar-refractivity contribution in [2.45, 2.75) is 18.6 Å². The molecule has 2 aromatic carbocycles. The molecule has 0 unspecified atom stereocenters. The van der Waals surface area contributed by atoms with Crippen LogP contribution in [0.4, 0.5) is 8.78 Å². The lowest BCUT2D eigenvalue weighted by Gasteiger charge is -2.21. The summed E-state index contributed by atoms with van der Waals surface area (Å²) in [5, 5.41) is 4.67. The van der Waals surface area contributed by atoms with Crippen molar-refractivity contribution in [3.63, 3.8) is 0 Å². The van der Waals surface area contributed by atoms with E-state index in [-0.39, 0.29) is 12.2 Å². The maximum atomic E-state index is 14.2. The first-order valence-corrected chi connectivity index (χ1v) is 8.32. The van der Waals surface area contributed by atoms with Crippen molar-refractivity contribution in [3.05, 3.63) is 81.5 Å². The summed E-state index contributed by atoms with van der Waals surface area (Å²) in [5.41, 5.74) is -0.631. The molecule has 1 aliphatic rings. The SMILES string of the molecule is C[C@@H](n1cnn(-c2ccc(Cl)cc2)c1=O)[C@]1(c2ccc(F)cc2F)CO1. The maximum Gasteiger partial charge on any atom is 0.350 e. The van der Waals surface area contributed by atoms with E-state index < -0.39 is 29.0 Å². The molecule has 1 fully saturated rings. The lowest BCUT2D eigenvalue weighted by Crippen LogP contribution is -2.33. The van der Waals surface area contributed by atoms with E-state index in [2.05, 4.69) is 5.10 Å². The Balaban J connectivity index is 1.72. The van der Waals surface area contributed by atoms with Crippen molar-refractivity contribution in [1.82, 2.24) is 14.3 Å². The predicted octanol–water partition coefficient (Wildman–Crippen LogP) is 3.45. The highest BCUT2D eigenvalue weighted by atomic mass is 35.5. The van der Waals surface area contributed by atoms with Gasteiger partial charge in [-0.1, -0.05) is 17.7 Å². The first-order valence-electron chi connectivity index (χ1n) is 7.94. The summed E-state index contributed by atoms with van der Waals surface area (Å²) >= 11 is 5.86. The smallest absolute Gasteiger partial charge is 0.350 e. The van der Waals surface area contributed by atoms with Crippen molar-refractivity contribution in [1.29, 1.82) is 0 Å². The molecule has 2 heterocycles. The van der Waals surface area contributed by atoms with Gasteiger partial charge < -0.3 is 4.74 Å². The molecule has 0 bridgehead atoms. The molecule has 0 amide bonds. The summed E-state index contributed by atoms with van der Waals surface area (Å²) in [6.07, 6.45) is 1.38. The van der Waals surface area contributed by atoms with Gasteiger partial charge in [0.1, 0.15) is 23.6 Å². The molecular weight excluding hydrogens is 364 g/mol. The Kier molecular flexibility index (Phi) is 3.93. The number of nitrogens with zero attached hydrogens (tertiary/aromatic N) is 3. The standard InChI is InChI=1S/C18H14ClF2N3O2/c1-11(18(9-26-18)15-7-4-13(20)8-16(15)21)23-10-22-24(17(23)25)14-5-2-12(19)3-6-14/h2-8,10-11H,9H2,1H3/t11-,18+/m1/s1. The molecule has 1 aliphatic heterocycles. The van der Waals surface area contributed by atoms with Gasteiger partial charge in [-0.15, -0.1) is 0 Å². The summed E-state index contributed by atoms with van der Waals surface area (Å²) in [6, 6.07) is 9.47. The molecule has 1 aromatic heterocycles. The average molecular weight is 378 g/mol. The van der Waals surface area contributed by atoms with Crippen molar-refractivity contribution in [2.75, 3.05) is 6.61 Å². The fourth-order valence-corrected chi connectivity index (χ4v) is 3.22. The lowest BCUT2D eigenvalue weighted by molar-refractivity contribution is 0.222. The minimum atomic E-state index is -1.02. The number of hydrogen-bond donors (Lipinski definition) is 0. The molecule has 4 rings (SSSR count). The fourth-order valence-electron chi connectivity index (χ4n) is 3.10. The first kappa shape index (κ1) is 16.9. The van der Waals surface area contributed by atoms with Gasteiger partial charge in [0.2, 0.25) is 0 Å². The van der Waals surface area contributed by atoms with E-state index in [0.717, 1.165) is 6.07 Å². The fraction of sp³-hybridized carbons (Fsp3) is 0.222. The highest BCUT2D eigenvalue weighted by molar-refractivity contribution is 6.30. The summed E-state index contributed by atoms with van der Waals surface area (Å²) in [4.78, 5) is 12.8. The molecule has 8 heteroatoms. The van der Waals surface area contributed by atoms with Crippen LogP contribution in [0.5, 0.6) is 0 Å². The van der Waals surface area contributed by atoms with Crippen molar-refractivity contribution in [2.24, 2.45) is 0 Å². The van der Waals surface area contributed by atoms with Crippen LogP contribution < -0.4 is 5.69 Å². The molecule has 0 aliphatic carbocycles. The van der Waals surface area contributed by atoms with Gasteiger partial charge in [0, 0.05) is 16.7 Å². The molecule has 3 aromatic rings. The quantitative estimate of drug-likeness (QED) is 0.654. The van der Waals surface area contributed by atoms with Crippen LogP contribution in [0.2, 0.25) is 5.02 Å². The number of aromatic nitrogens is 3. The second-order valence-electron chi connectivity index (χ2n) is 6.19. The van der Waals surface area contributed by atoms with Crippen molar-refractivity contribution in [3.8, 4) is 5.69 Å². The van der Waals surface area contributed by atoms with E-state index in [1.165, 1.54) is 27.7 Å². The molecule has 5 nitrogen and oxygen atoms in total. The zero-order valence-corrected chi connectivity index (χ0v) is 14.5. The highest BCUT2D eigenvalue weighted by Gasteiger charge is 2.54. The number of epoxide rings is 1. The Hall–Kier alpha value is -2.51. The van der Waals surface area contributed by atoms with E-state index in [4.69, 9.17) is 16.3 Å². The molecular formula is C18H14ClF2N3O2. The Morgan fingerprint density at radius 1 is 1.23 bits per heavy atom. The summed E-state index contributed by atoms with van der Waals surface area (Å²) in [5.74, 6) is -1.37. The van der Waals surface area contributed by atoms with Crippen molar-refractivity contribution < 1.29 is 13.5 Å². The second kappa shape index (κ2) is 6.03. The number of benzene rings is 2. The minimum absolute atomic E-state index is 0.220. The van der Waals surface area contributed by atoms with E-state index >= 15 is 0 Å². The van der Waals surface area contributed by atoms with E-state index in [1.54, 1.807) is 31.2 Å². The number of ether oxygens (including phenoxy) is 1. The normalized spacial score (nSPS) is 20.2. The van der Waals surface area contributed by atoms with E-state index in [9.17, 15) is 13.6 Å². The Morgan fingerprint density at radius 3 is 2.54 bits per heavy atom. The molecule has 2 atom stereocenters. The van der Waals surface area contributed by atoms with Crippen LogP contribution in [0, 0.1) is 11.6 Å². The Morgan fingerprint density at radius 2 is 1.92 bits per heavy atom. The van der Waals surface area contributed by atoms with Crippen LogP contribution >= 0.6 is 11.6 Å². The minimum Gasteiger partial charge on any atom is -0.362 e. The van der Waals surface area contributed by atoms with Crippen molar-refractivity contribution >= 4 is 11.6 Å². The third-order valence-electron chi connectivity index (χ3n) is 4.70. The van der Waals surface area contributed by atoms with Crippen LogP contribution in [0.1, 0.15) is 18.5 Å². The van der Waals surface area contributed by atoms with Crippen LogP contribution in [-0.2, 0) is 10.3 Å². The van der Waals surface area contributed by atoms with Gasteiger partial charge in [-0.25, -0.2) is 13.6 Å². The predicted molar refractivity (Wildman–Crippen MR) is 91.5 cm³/mol. The van der Waals surface area contributed by atoms with Gasteiger partial charge in [-0.3, -0.25) is 4.57 Å². The molecule has 1 saturated heterocycles.